The van der Waals surface area contributed by atoms with Gasteiger partial charge in [0.05, 0.1) is 31.2 Å². The molecule has 1 atom stereocenters. The molecule has 0 aliphatic rings. The predicted octanol–water partition coefficient (Wildman–Crippen LogP) is 3.99. The Balaban J connectivity index is 2.12. The van der Waals surface area contributed by atoms with E-state index >= 15 is 0 Å². The number of hydrogen-bond donors (Lipinski definition) is 1. The normalized spacial score (nSPS) is 12.0. The van der Waals surface area contributed by atoms with E-state index in [1.165, 1.54) is 0 Å². The highest BCUT2D eigenvalue weighted by Crippen LogP contribution is 2.36. The molecule has 2 aromatic rings. The fourth-order valence-corrected chi connectivity index (χ4v) is 2.22. The van der Waals surface area contributed by atoms with Crippen molar-refractivity contribution in [1.29, 1.82) is 0 Å². The Labute approximate surface area is 123 Å². The second kappa shape index (κ2) is 6.57. The van der Waals surface area contributed by atoms with E-state index in [0.29, 0.717) is 16.5 Å². The van der Waals surface area contributed by atoms with Crippen LogP contribution in [0.25, 0.3) is 0 Å². The Morgan fingerprint density at radius 3 is 2.55 bits per heavy atom. The summed E-state index contributed by atoms with van der Waals surface area (Å²) in [6.07, 6.45) is 2.45. The molecule has 1 N–H and O–H groups in total. The van der Waals surface area contributed by atoms with Gasteiger partial charge in [-0.05, 0) is 19.1 Å². The summed E-state index contributed by atoms with van der Waals surface area (Å²) in [5.41, 5.74) is 0.809. The topological polar surface area (TPSA) is 43.6 Å². The van der Waals surface area contributed by atoms with Crippen molar-refractivity contribution < 1.29 is 13.9 Å². The summed E-state index contributed by atoms with van der Waals surface area (Å²) >= 11 is 6.24. The van der Waals surface area contributed by atoms with Crippen LogP contribution in [-0.2, 0) is 6.42 Å². The summed E-state index contributed by atoms with van der Waals surface area (Å²) in [4.78, 5) is 0. The summed E-state index contributed by atoms with van der Waals surface area (Å²) < 4.78 is 15.8. The molecular formula is C15H18ClNO3. The summed E-state index contributed by atoms with van der Waals surface area (Å²) in [6.45, 7) is 2.07. The molecule has 5 heteroatoms. The van der Waals surface area contributed by atoms with Crippen LogP contribution in [0.1, 0.15) is 12.7 Å². The van der Waals surface area contributed by atoms with Gasteiger partial charge in [-0.25, -0.2) is 0 Å². The van der Waals surface area contributed by atoms with Crippen LogP contribution < -0.4 is 14.8 Å². The first kappa shape index (κ1) is 14.6. The lowest BCUT2D eigenvalue weighted by Crippen LogP contribution is -2.18. The number of nitrogens with one attached hydrogen (secondary N) is 1. The van der Waals surface area contributed by atoms with E-state index < -0.39 is 0 Å². The zero-order chi connectivity index (χ0) is 14.5. The van der Waals surface area contributed by atoms with Gasteiger partial charge in [0.1, 0.15) is 5.76 Å². The second-order valence-corrected chi connectivity index (χ2v) is 4.92. The fourth-order valence-electron chi connectivity index (χ4n) is 2.01. The molecule has 0 saturated carbocycles. The third kappa shape index (κ3) is 3.39. The molecule has 1 aromatic heterocycles. The van der Waals surface area contributed by atoms with Gasteiger partial charge in [-0.3, -0.25) is 0 Å². The summed E-state index contributed by atoms with van der Waals surface area (Å²) in [5.74, 6) is 2.19. The number of halogens is 1. The molecular weight excluding hydrogens is 278 g/mol. The SMILES string of the molecule is COc1cc(Cl)c(NC(C)Cc2ccco2)cc1OC. The molecule has 1 unspecified atom stereocenters. The number of benzene rings is 1. The quantitative estimate of drug-likeness (QED) is 0.875. The van der Waals surface area contributed by atoms with Crippen LogP contribution in [0.5, 0.6) is 11.5 Å². The van der Waals surface area contributed by atoms with Crippen LogP contribution in [0.4, 0.5) is 5.69 Å². The van der Waals surface area contributed by atoms with Crippen molar-refractivity contribution >= 4 is 17.3 Å². The fraction of sp³-hybridized carbons (Fsp3) is 0.333. The van der Waals surface area contributed by atoms with E-state index in [1.54, 1.807) is 26.5 Å². The second-order valence-electron chi connectivity index (χ2n) is 4.52. The Kier molecular flexibility index (Phi) is 4.79. The maximum absolute atomic E-state index is 6.24. The molecule has 1 aromatic carbocycles. The van der Waals surface area contributed by atoms with E-state index in [2.05, 4.69) is 12.2 Å². The Morgan fingerprint density at radius 2 is 1.95 bits per heavy atom. The maximum Gasteiger partial charge on any atom is 0.162 e. The average molecular weight is 296 g/mol. The monoisotopic (exact) mass is 295 g/mol. The lowest BCUT2D eigenvalue weighted by molar-refractivity contribution is 0.355. The molecule has 4 nitrogen and oxygen atoms in total. The number of anilines is 1. The zero-order valence-corrected chi connectivity index (χ0v) is 12.5. The van der Waals surface area contributed by atoms with E-state index in [4.69, 9.17) is 25.5 Å². The lowest BCUT2D eigenvalue weighted by atomic mass is 10.2. The van der Waals surface area contributed by atoms with Gasteiger partial charge in [0.25, 0.3) is 0 Å². The van der Waals surface area contributed by atoms with Gasteiger partial charge in [0, 0.05) is 24.6 Å². The molecule has 0 aliphatic heterocycles. The van der Waals surface area contributed by atoms with Gasteiger partial charge < -0.3 is 19.2 Å². The molecule has 1 heterocycles. The molecule has 0 fully saturated rings. The minimum absolute atomic E-state index is 0.178. The van der Waals surface area contributed by atoms with Gasteiger partial charge >= 0.3 is 0 Å². The van der Waals surface area contributed by atoms with Crippen molar-refractivity contribution in [3.05, 3.63) is 41.3 Å². The van der Waals surface area contributed by atoms with Gasteiger partial charge in [-0.1, -0.05) is 11.6 Å². The molecule has 0 radical (unpaired) electrons. The highest BCUT2D eigenvalue weighted by molar-refractivity contribution is 6.33. The minimum Gasteiger partial charge on any atom is -0.493 e. The molecule has 0 saturated heterocycles. The van der Waals surface area contributed by atoms with Crippen molar-refractivity contribution in [2.24, 2.45) is 0 Å². The van der Waals surface area contributed by atoms with Gasteiger partial charge in [-0.2, -0.15) is 0 Å². The first-order chi connectivity index (χ1) is 9.63. The van der Waals surface area contributed by atoms with Crippen molar-refractivity contribution in [1.82, 2.24) is 0 Å². The van der Waals surface area contributed by atoms with Crippen molar-refractivity contribution in [3.8, 4) is 11.5 Å². The van der Waals surface area contributed by atoms with Crippen LogP contribution in [0.3, 0.4) is 0 Å². The number of rotatable bonds is 6. The molecule has 0 bridgehead atoms. The molecule has 108 valence electrons. The highest BCUT2D eigenvalue weighted by Gasteiger charge is 2.12. The van der Waals surface area contributed by atoms with Crippen LogP contribution >= 0.6 is 11.6 Å². The minimum atomic E-state index is 0.178. The van der Waals surface area contributed by atoms with Gasteiger partial charge in [0.2, 0.25) is 0 Å². The summed E-state index contributed by atoms with van der Waals surface area (Å²) in [7, 11) is 3.18. The summed E-state index contributed by atoms with van der Waals surface area (Å²) in [6, 6.07) is 7.58. The van der Waals surface area contributed by atoms with Crippen LogP contribution in [0.15, 0.2) is 34.9 Å². The van der Waals surface area contributed by atoms with Gasteiger partial charge in [-0.15, -0.1) is 0 Å². The lowest BCUT2D eigenvalue weighted by Gasteiger charge is -2.17. The third-order valence-electron chi connectivity index (χ3n) is 2.96. The van der Waals surface area contributed by atoms with Gasteiger partial charge in [0.15, 0.2) is 11.5 Å². The zero-order valence-electron chi connectivity index (χ0n) is 11.8. The molecule has 0 aliphatic carbocycles. The van der Waals surface area contributed by atoms with E-state index in [1.807, 2.05) is 18.2 Å². The first-order valence-corrected chi connectivity index (χ1v) is 6.72. The highest BCUT2D eigenvalue weighted by atomic mass is 35.5. The smallest absolute Gasteiger partial charge is 0.162 e. The molecule has 2 rings (SSSR count). The van der Waals surface area contributed by atoms with E-state index in [0.717, 1.165) is 17.9 Å². The third-order valence-corrected chi connectivity index (χ3v) is 3.28. The Hall–Kier alpha value is -1.81. The number of methoxy groups -OCH3 is 2. The first-order valence-electron chi connectivity index (χ1n) is 6.34. The molecule has 0 amide bonds. The maximum atomic E-state index is 6.24. The van der Waals surface area contributed by atoms with E-state index in [-0.39, 0.29) is 6.04 Å². The van der Waals surface area contributed by atoms with Crippen LogP contribution in [0, 0.1) is 0 Å². The standard InChI is InChI=1S/C15H18ClNO3/c1-10(7-11-5-4-6-20-11)17-13-9-15(19-3)14(18-2)8-12(13)16/h4-6,8-10,17H,7H2,1-3H3. The number of ether oxygens (including phenoxy) is 2. The Bertz CT molecular complexity index is 554. The van der Waals surface area contributed by atoms with Crippen LogP contribution in [-0.4, -0.2) is 20.3 Å². The summed E-state index contributed by atoms with van der Waals surface area (Å²) in [5, 5.41) is 3.94. The average Bonchev–Trinajstić information content (AvgIpc) is 2.93. The predicted molar refractivity (Wildman–Crippen MR) is 80.1 cm³/mol. The molecule has 20 heavy (non-hydrogen) atoms. The number of hydrogen-bond acceptors (Lipinski definition) is 4. The van der Waals surface area contributed by atoms with Crippen molar-refractivity contribution in [2.45, 2.75) is 19.4 Å². The van der Waals surface area contributed by atoms with Crippen molar-refractivity contribution in [2.75, 3.05) is 19.5 Å². The van der Waals surface area contributed by atoms with E-state index in [9.17, 15) is 0 Å². The van der Waals surface area contributed by atoms with Crippen LogP contribution in [0.2, 0.25) is 5.02 Å². The Morgan fingerprint density at radius 1 is 1.25 bits per heavy atom. The number of furan rings is 1. The van der Waals surface area contributed by atoms with Crippen molar-refractivity contribution in [3.63, 3.8) is 0 Å². The molecule has 0 spiro atoms. The largest absolute Gasteiger partial charge is 0.493 e.